The summed E-state index contributed by atoms with van der Waals surface area (Å²) in [7, 11) is 0. The molecule has 0 fully saturated rings. The Kier molecular flexibility index (Phi) is 4.35. The molecule has 0 aromatic heterocycles. The third-order valence-corrected chi connectivity index (χ3v) is 3.44. The number of ether oxygens (including phenoxy) is 1. The van der Waals surface area contributed by atoms with Crippen LogP contribution >= 0.6 is 0 Å². The van der Waals surface area contributed by atoms with Crippen LogP contribution in [0.4, 0.5) is 8.78 Å². The van der Waals surface area contributed by atoms with E-state index in [1.165, 1.54) is 12.1 Å². The van der Waals surface area contributed by atoms with Crippen LogP contribution in [-0.4, -0.2) is 6.61 Å². The molecule has 0 amide bonds. The van der Waals surface area contributed by atoms with Gasteiger partial charge in [0.05, 0.1) is 0 Å². The van der Waals surface area contributed by atoms with Gasteiger partial charge in [0.15, 0.2) is 11.6 Å². The summed E-state index contributed by atoms with van der Waals surface area (Å²) in [6.07, 6.45) is 7.37. The Morgan fingerprint density at radius 2 is 2.05 bits per heavy atom. The maximum absolute atomic E-state index is 14.1. The molecule has 0 radical (unpaired) electrons. The lowest BCUT2D eigenvalue weighted by Gasteiger charge is -2.21. The van der Waals surface area contributed by atoms with Gasteiger partial charge in [-0.1, -0.05) is 37.8 Å². The van der Waals surface area contributed by atoms with Crippen molar-refractivity contribution >= 4 is 0 Å². The summed E-state index contributed by atoms with van der Waals surface area (Å²) in [5.74, 6) is -1.30. The van der Waals surface area contributed by atoms with Gasteiger partial charge < -0.3 is 4.74 Å². The first-order valence-electron chi connectivity index (χ1n) is 6.53. The minimum atomic E-state index is -0.911. The Labute approximate surface area is 112 Å². The zero-order valence-electron chi connectivity index (χ0n) is 11.0. The van der Waals surface area contributed by atoms with Crippen molar-refractivity contribution in [3.05, 3.63) is 54.1 Å². The predicted molar refractivity (Wildman–Crippen MR) is 72.3 cm³/mol. The molecule has 3 heteroatoms. The van der Waals surface area contributed by atoms with E-state index in [1.54, 1.807) is 6.07 Å². The molecule has 1 aliphatic rings. The molecular weight excluding hydrogens is 246 g/mol. The number of halogens is 2. The Morgan fingerprint density at radius 3 is 2.68 bits per heavy atom. The summed E-state index contributed by atoms with van der Waals surface area (Å²) in [6, 6.07) is 3.10. The van der Waals surface area contributed by atoms with Crippen LogP contribution in [0.2, 0.25) is 0 Å². The molecule has 1 aliphatic carbocycles. The predicted octanol–water partition coefficient (Wildman–Crippen LogP) is 4.60. The highest BCUT2D eigenvalue weighted by Crippen LogP contribution is 2.34. The molecule has 2 unspecified atom stereocenters. The minimum Gasteiger partial charge on any atom is -0.486 e. The van der Waals surface area contributed by atoms with E-state index in [0.717, 1.165) is 12.8 Å². The SMILES string of the molecule is C=CCOc1ccc(C2C=CC(C)CC2)c(F)c1F. The second-order valence-corrected chi connectivity index (χ2v) is 4.93. The average Bonchev–Trinajstić information content (AvgIpc) is 2.42. The fourth-order valence-electron chi connectivity index (χ4n) is 2.31. The molecule has 19 heavy (non-hydrogen) atoms. The standard InChI is InChI=1S/C16H18F2O/c1-3-10-19-14-9-8-13(15(17)16(14)18)12-6-4-11(2)5-7-12/h3-4,6,8-9,11-12H,1,5,7,10H2,2H3. The molecule has 0 N–H and O–H groups in total. The summed E-state index contributed by atoms with van der Waals surface area (Å²) in [5.41, 5.74) is 0.409. The summed E-state index contributed by atoms with van der Waals surface area (Å²) >= 11 is 0. The quantitative estimate of drug-likeness (QED) is 0.722. The molecule has 1 aromatic rings. The highest BCUT2D eigenvalue weighted by molar-refractivity contribution is 5.35. The van der Waals surface area contributed by atoms with Crippen LogP contribution in [0.15, 0.2) is 36.9 Å². The Hall–Kier alpha value is -1.64. The fourth-order valence-corrected chi connectivity index (χ4v) is 2.31. The molecule has 0 saturated carbocycles. The van der Waals surface area contributed by atoms with Crippen LogP contribution in [0.5, 0.6) is 5.75 Å². The molecule has 0 spiro atoms. The monoisotopic (exact) mass is 264 g/mol. The molecule has 2 atom stereocenters. The molecule has 102 valence electrons. The van der Waals surface area contributed by atoms with Crippen molar-refractivity contribution in [3.8, 4) is 5.75 Å². The van der Waals surface area contributed by atoms with Crippen molar-refractivity contribution in [1.82, 2.24) is 0 Å². The second kappa shape index (κ2) is 6.00. The third kappa shape index (κ3) is 3.03. The topological polar surface area (TPSA) is 9.23 Å². The maximum Gasteiger partial charge on any atom is 0.200 e. The molecule has 0 bridgehead atoms. The molecular formula is C16H18F2O. The van der Waals surface area contributed by atoms with E-state index in [0.29, 0.717) is 11.5 Å². The van der Waals surface area contributed by atoms with E-state index in [1.807, 2.05) is 6.08 Å². The van der Waals surface area contributed by atoms with E-state index in [4.69, 9.17) is 4.74 Å². The lowest BCUT2D eigenvalue weighted by Crippen LogP contribution is -2.08. The number of benzene rings is 1. The first-order valence-corrected chi connectivity index (χ1v) is 6.53. The average molecular weight is 264 g/mol. The van der Waals surface area contributed by atoms with Crippen molar-refractivity contribution in [1.29, 1.82) is 0 Å². The Balaban J connectivity index is 2.25. The summed E-state index contributed by atoms with van der Waals surface area (Å²) < 4.78 is 33.0. The zero-order valence-corrected chi connectivity index (χ0v) is 11.0. The number of hydrogen-bond donors (Lipinski definition) is 0. The van der Waals surface area contributed by atoms with Crippen LogP contribution in [0.25, 0.3) is 0 Å². The minimum absolute atomic E-state index is 0.0424. The van der Waals surface area contributed by atoms with Crippen LogP contribution in [0.3, 0.4) is 0 Å². The van der Waals surface area contributed by atoms with Crippen LogP contribution in [0.1, 0.15) is 31.2 Å². The van der Waals surface area contributed by atoms with E-state index in [9.17, 15) is 8.78 Å². The van der Waals surface area contributed by atoms with Gasteiger partial charge in [-0.3, -0.25) is 0 Å². The maximum atomic E-state index is 14.1. The van der Waals surface area contributed by atoms with Crippen molar-refractivity contribution in [2.24, 2.45) is 5.92 Å². The highest BCUT2D eigenvalue weighted by Gasteiger charge is 2.22. The number of rotatable bonds is 4. The van der Waals surface area contributed by atoms with Gasteiger partial charge in [0.25, 0.3) is 0 Å². The fraction of sp³-hybridized carbons (Fsp3) is 0.375. The highest BCUT2D eigenvalue weighted by atomic mass is 19.2. The van der Waals surface area contributed by atoms with Gasteiger partial charge in [-0.25, -0.2) is 4.39 Å². The van der Waals surface area contributed by atoms with Gasteiger partial charge in [0, 0.05) is 5.92 Å². The van der Waals surface area contributed by atoms with Crippen molar-refractivity contribution in [2.75, 3.05) is 6.61 Å². The van der Waals surface area contributed by atoms with E-state index in [2.05, 4.69) is 19.6 Å². The molecule has 2 rings (SSSR count). The lowest BCUT2D eigenvalue weighted by atomic mass is 9.85. The number of hydrogen-bond acceptors (Lipinski definition) is 1. The van der Waals surface area contributed by atoms with Crippen molar-refractivity contribution < 1.29 is 13.5 Å². The largest absolute Gasteiger partial charge is 0.486 e. The summed E-state index contributed by atoms with van der Waals surface area (Å²) in [4.78, 5) is 0. The molecule has 0 saturated heterocycles. The van der Waals surface area contributed by atoms with Gasteiger partial charge in [-0.15, -0.1) is 0 Å². The molecule has 0 aliphatic heterocycles. The van der Waals surface area contributed by atoms with Crippen molar-refractivity contribution in [2.45, 2.75) is 25.7 Å². The van der Waals surface area contributed by atoms with Crippen LogP contribution < -0.4 is 4.74 Å². The third-order valence-electron chi connectivity index (χ3n) is 3.44. The van der Waals surface area contributed by atoms with E-state index < -0.39 is 11.6 Å². The van der Waals surface area contributed by atoms with Crippen LogP contribution in [-0.2, 0) is 0 Å². The van der Waals surface area contributed by atoms with Crippen LogP contribution in [0, 0.1) is 17.6 Å². The first kappa shape index (κ1) is 13.8. The number of allylic oxidation sites excluding steroid dienone is 2. The summed E-state index contributed by atoms with van der Waals surface area (Å²) in [5, 5.41) is 0. The zero-order chi connectivity index (χ0) is 13.8. The van der Waals surface area contributed by atoms with Gasteiger partial charge in [0.1, 0.15) is 6.61 Å². The Bertz CT molecular complexity index is 494. The van der Waals surface area contributed by atoms with Gasteiger partial charge in [-0.2, -0.15) is 4.39 Å². The Morgan fingerprint density at radius 1 is 1.26 bits per heavy atom. The van der Waals surface area contributed by atoms with Gasteiger partial charge in [0.2, 0.25) is 5.82 Å². The van der Waals surface area contributed by atoms with E-state index in [-0.39, 0.29) is 18.3 Å². The van der Waals surface area contributed by atoms with Crippen molar-refractivity contribution in [3.63, 3.8) is 0 Å². The smallest absolute Gasteiger partial charge is 0.200 e. The first-order chi connectivity index (χ1) is 9.13. The summed E-state index contributed by atoms with van der Waals surface area (Å²) in [6.45, 7) is 5.76. The molecule has 0 heterocycles. The second-order valence-electron chi connectivity index (χ2n) is 4.93. The van der Waals surface area contributed by atoms with Gasteiger partial charge >= 0.3 is 0 Å². The molecule has 1 nitrogen and oxygen atoms in total. The lowest BCUT2D eigenvalue weighted by molar-refractivity contribution is 0.331. The normalized spacial score (nSPS) is 22.3. The van der Waals surface area contributed by atoms with E-state index >= 15 is 0 Å². The molecule has 1 aromatic carbocycles. The van der Waals surface area contributed by atoms with Gasteiger partial charge in [-0.05, 0) is 30.4 Å².